The van der Waals surface area contributed by atoms with Crippen LogP contribution in [0, 0.1) is 13.8 Å². The van der Waals surface area contributed by atoms with E-state index in [2.05, 4.69) is 17.6 Å². The highest BCUT2D eigenvalue weighted by Crippen LogP contribution is 2.28. The Labute approximate surface area is 261 Å². The van der Waals surface area contributed by atoms with Crippen LogP contribution in [-0.2, 0) is 30.3 Å². The minimum atomic E-state index is -1.09. The van der Waals surface area contributed by atoms with Crippen molar-refractivity contribution >= 4 is 23.9 Å². The lowest BCUT2D eigenvalue weighted by Crippen LogP contribution is -2.54. The number of phenols is 1. The molecule has 44 heavy (non-hydrogen) atoms. The Kier molecular flexibility index (Phi) is 14.2. The number of nitrogens with one attached hydrogen (secondary N) is 2. The number of carbonyl (C=O) groups is 4. The van der Waals surface area contributed by atoms with Crippen molar-refractivity contribution in [3.05, 3.63) is 64.7 Å². The van der Waals surface area contributed by atoms with Crippen LogP contribution in [0.5, 0.6) is 5.75 Å². The van der Waals surface area contributed by atoms with Gasteiger partial charge in [-0.2, -0.15) is 0 Å². The van der Waals surface area contributed by atoms with Crippen molar-refractivity contribution in [3.63, 3.8) is 0 Å². The van der Waals surface area contributed by atoms with Gasteiger partial charge in [0.25, 0.3) is 0 Å². The SMILES string of the molecule is CCCCCCCN(C(=O)C(Cc1ccc(O)cc1)NC(=O)OC(C)(C)C)C(C(=O)NCC(=O)OC)c1ccc(C)cc1C. The lowest BCUT2D eigenvalue weighted by Gasteiger charge is -2.35. The molecule has 10 nitrogen and oxygen atoms in total. The van der Waals surface area contributed by atoms with Crippen LogP contribution >= 0.6 is 0 Å². The standard InChI is InChI=1S/C34H49N3O7/c1-8-9-10-11-12-19-37(30(31(40)35-22-29(39)43-7)27-18-13-23(2)20-24(27)3)32(41)28(36-33(42)44-34(4,5)6)21-25-14-16-26(38)17-15-25/h13-18,20,28,30,38H,8-12,19,21-22H2,1-7H3,(H,35,40)(H,36,42). The molecule has 0 fully saturated rings. The molecule has 2 unspecified atom stereocenters. The number of carbonyl (C=O) groups excluding carboxylic acids is 4. The van der Waals surface area contributed by atoms with Gasteiger partial charge in [-0.1, -0.05) is 68.5 Å². The molecule has 10 heteroatoms. The third-order valence-electron chi connectivity index (χ3n) is 7.07. The average Bonchev–Trinajstić information content (AvgIpc) is 2.95. The molecule has 0 heterocycles. The summed E-state index contributed by atoms with van der Waals surface area (Å²) >= 11 is 0. The van der Waals surface area contributed by atoms with Crippen LogP contribution in [0.4, 0.5) is 4.79 Å². The number of rotatable bonds is 15. The second-order valence-electron chi connectivity index (χ2n) is 12.1. The van der Waals surface area contributed by atoms with E-state index >= 15 is 0 Å². The first-order valence-electron chi connectivity index (χ1n) is 15.2. The molecular formula is C34H49N3O7. The number of methoxy groups -OCH3 is 1. The number of unbranched alkanes of at least 4 members (excludes halogenated alkanes) is 4. The molecule has 0 aliphatic heterocycles. The van der Waals surface area contributed by atoms with Crippen molar-refractivity contribution in [2.24, 2.45) is 0 Å². The Bertz CT molecular complexity index is 1250. The predicted molar refractivity (Wildman–Crippen MR) is 169 cm³/mol. The summed E-state index contributed by atoms with van der Waals surface area (Å²) in [7, 11) is 1.23. The van der Waals surface area contributed by atoms with E-state index in [1.165, 1.54) is 24.1 Å². The fourth-order valence-corrected chi connectivity index (χ4v) is 4.88. The zero-order valence-corrected chi connectivity index (χ0v) is 27.2. The second kappa shape index (κ2) is 17.3. The van der Waals surface area contributed by atoms with Crippen molar-refractivity contribution in [3.8, 4) is 5.75 Å². The zero-order chi connectivity index (χ0) is 32.9. The maximum absolute atomic E-state index is 14.6. The van der Waals surface area contributed by atoms with Gasteiger partial charge >= 0.3 is 12.1 Å². The predicted octanol–water partition coefficient (Wildman–Crippen LogP) is 5.27. The molecule has 0 aromatic heterocycles. The average molecular weight is 612 g/mol. The fourth-order valence-electron chi connectivity index (χ4n) is 4.88. The molecule has 0 aliphatic rings. The Hall–Kier alpha value is -4.08. The number of aromatic hydroxyl groups is 1. The summed E-state index contributed by atoms with van der Waals surface area (Å²) < 4.78 is 10.2. The van der Waals surface area contributed by atoms with E-state index in [4.69, 9.17) is 9.47 Å². The third kappa shape index (κ3) is 11.9. The van der Waals surface area contributed by atoms with Gasteiger partial charge in [-0.05, 0) is 69.9 Å². The van der Waals surface area contributed by atoms with Gasteiger partial charge < -0.3 is 30.1 Å². The van der Waals surface area contributed by atoms with Crippen LogP contribution in [0.3, 0.4) is 0 Å². The Morgan fingerprint density at radius 3 is 2.20 bits per heavy atom. The molecule has 2 rings (SSSR count). The first kappa shape index (κ1) is 36.1. The topological polar surface area (TPSA) is 134 Å². The molecule has 3 N–H and O–H groups in total. The summed E-state index contributed by atoms with van der Waals surface area (Å²) in [6.07, 6.45) is 3.90. The van der Waals surface area contributed by atoms with Crippen molar-refractivity contribution in [2.75, 3.05) is 20.2 Å². The maximum atomic E-state index is 14.6. The zero-order valence-electron chi connectivity index (χ0n) is 27.2. The van der Waals surface area contributed by atoms with Gasteiger partial charge in [0, 0.05) is 13.0 Å². The third-order valence-corrected chi connectivity index (χ3v) is 7.07. The monoisotopic (exact) mass is 611 g/mol. The smallest absolute Gasteiger partial charge is 0.408 e. The van der Waals surface area contributed by atoms with Crippen LogP contribution in [0.25, 0.3) is 0 Å². The molecule has 2 aromatic carbocycles. The number of aryl methyl sites for hydroxylation is 2. The Balaban J connectivity index is 2.60. The van der Waals surface area contributed by atoms with Crippen molar-refractivity contribution < 1.29 is 33.8 Å². The van der Waals surface area contributed by atoms with Crippen LogP contribution < -0.4 is 10.6 Å². The minimum Gasteiger partial charge on any atom is -0.508 e. The highest BCUT2D eigenvalue weighted by atomic mass is 16.6. The molecule has 242 valence electrons. The van der Waals surface area contributed by atoms with Crippen LogP contribution in [0.2, 0.25) is 0 Å². The molecule has 0 radical (unpaired) electrons. The second-order valence-corrected chi connectivity index (χ2v) is 12.1. The molecule has 2 atom stereocenters. The number of hydrogen-bond donors (Lipinski definition) is 3. The summed E-state index contributed by atoms with van der Waals surface area (Å²) in [5.74, 6) is -1.56. The van der Waals surface area contributed by atoms with Gasteiger partial charge in [-0.3, -0.25) is 14.4 Å². The number of amides is 3. The van der Waals surface area contributed by atoms with Gasteiger partial charge in [0.1, 0.15) is 30.0 Å². The van der Waals surface area contributed by atoms with Crippen LogP contribution in [-0.4, -0.2) is 65.7 Å². The van der Waals surface area contributed by atoms with E-state index in [1.54, 1.807) is 32.9 Å². The summed E-state index contributed by atoms with van der Waals surface area (Å²) in [5.41, 5.74) is 2.31. The van der Waals surface area contributed by atoms with Crippen molar-refractivity contribution in [2.45, 2.75) is 97.8 Å². The number of alkyl carbamates (subject to hydrolysis) is 1. The van der Waals surface area contributed by atoms with E-state index in [9.17, 15) is 24.3 Å². The summed E-state index contributed by atoms with van der Waals surface area (Å²) in [5, 5.41) is 15.2. The van der Waals surface area contributed by atoms with Crippen molar-refractivity contribution in [1.82, 2.24) is 15.5 Å². The summed E-state index contributed by atoms with van der Waals surface area (Å²) in [6.45, 7) is 11.0. The normalized spacial score (nSPS) is 12.5. The summed E-state index contributed by atoms with van der Waals surface area (Å²) in [4.78, 5) is 54.8. The van der Waals surface area contributed by atoms with Crippen molar-refractivity contribution in [1.29, 1.82) is 0 Å². The van der Waals surface area contributed by atoms with Gasteiger partial charge in [-0.15, -0.1) is 0 Å². The van der Waals surface area contributed by atoms with Gasteiger partial charge in [0.15, 0.2) is 0 Å². The highest BCUT2D eigenvalue weighted by molar-refractivity contribution is 5.93. The number of phenolic OH excluding ortho intramolecular Hbond substituents is 1. The number of ether oxygens (including phenoxy) is 2. The molecule has 2 aromatic rings. The Morgan fingerprint density at radius 2 is 1.61 bits per heavy atom. The van der Waals surface area contributed by atoms with Gasteiger partial charge in [0.2, 0.25) is 11.8 Å². The molecule has 0 spiro atoms. The van der Waals surface area contributed by atoms with Crippen LogP contribution in [0.15, 0.2) is 42.5 Å². The van der Waals surface area contributed by atoms with E-state index in [-0.39, 0.29) is 25.3 Å². The van der Waals surface area contributed by atoms with E-state index in [0.29, 0.717) is 17.5 Å². The molecule has 0 bridgehead atoms. The van der Waals surface area contributed by atoms with E-state index in [0.717, 1.165) is 36.8 Å². The number of esters is 1. The van der Waals surface area contributed by atoms with Gasteiger partial charge in [-0.25, -0.2) is 4.79 Å². The number of hydrogen-bond acceptors (Lipinski definition) is 7. The highest BCUT2D eigenvalue weighted by Gasteiger charge is 2.37. The van der Waals surface area contributed by atoms with Crippen LogP contribution in [0.1, 0.15) is 88.1 Å². The molecule has 0 aliphatic carbocycles. The van der Waals surface area contributed by atoms with E-state index in [1.807, 2.05) is 32.0 Å². The molecule has 0 saturated carbocycles. The lowest BCUT2D eigenvalue weighted by atomic mass is 9.95. The Morgan fingerprint density at radius 1 is 0.955 bits per heavy atom. The minimum absolute atomic E-state index is 0.0719. The first-order valence-corrected chi connectivity index (χ1v) is 15.2. The van der Waals surface area contributed by atoms with E-state index < -0.39 is 41.6 Å². The number of benzene rings is 2. The molecule has 3 amide bonds. The summed E-state index contributed by atoms with van der Waals surface area (Å²) in [6, 6.07) is 9.82. The maximum Gasteiger partial charge on any atom is 0.408 e. The quantitative estimate of drug-likeness (QED) is 0.184. The number of nitrogens with zero attached hydrogens (tertiary/aromatic N) is 1. The molecule has 0 saturated heterocycles. The fraction of sp³-hybridized carbons (Fsp3) is 0.529. The lowest BCUT2D eigenvalue weighted by molar-refractivity contribution is -0.144. The first-order chi connectivity index (χ1) is 20.7. The largest absolute Gasteiger partial charge is 0.508 e. The molecular weight excluding hydrogens is 562 g/mol. The van der Waals surface area contributed by atoms with Gasteiger partial charge in [0.05, 0.1) is 7.11 Å².